The van der Waals surface area contributed by atoms with Crippen molar-refractivity contribution in [3.63, 3.8) is 0 Å². The van der Waals surface area contributed by atoms with Crippen molar-refractivity contribution in [2.24, 2.45) is 0 Å². The minimum absolute atomic E-state index is 0.130. The molecule has 0 spiro atoms. The lowest BCUT2D eigenvalue weighted by atomic mass is 10.00. The first-order valence-corrected chi connectivity index (χ1v) is 28.0. The van der Waals surface area contributed by atoms with Crippen molar-refractivity contribution in [1.82, 2.24) is 50.0 Å². The lowest BCUT2D eigenvalue weighted by molar-refractivity contribution is -0.00597. The van der Waals surface area contributed by atoms with Gasteiger partial charge in [-0.25, -0.2) is 29.9 Å². The molecule has 3 fully saturated rings. The van der Waals surface area contributed by atoms with Crippen molar-refractivity contribution in [3.8, 4) is 72.5 Å². The van der Waals surface area contributed by atoms with Gasteiger partial charge in [-0.1, -0.05) is 11.2 Å². The molecule has 9 aromatic rings. The Morgan fingerprint density at radius 3 is 1.60 bits per heavy atom. The Hall–Kier alpha value is -8.31. The standard InChI is InChI=1S/C21H25N5O2.C21H21N5OS.C19H20N4O/c1-12-8-17(6-7-22-12)18-9-23-21(26-10-13(2)27-14(3)11-26)24-20(18)19-15(4)25-28-16(19)5;1-13-8-16(6-7-23-13)18-10-24-21(26-11-14(2)27-15(3)12-26)25-20(18)19-5-4-17(9-22)28-19;1-14-16(7-11-24-14)18-17(15-6-5-8-20-12-15)13-21-19(22-18)23-9-3-2-4-10-23/h6-9,13-14H,10-11H2,1-5H3;4-8,10,14-15H,11-12H2,1-3H3;5-8,11-13H,2-4,9-10H2,1H3. The van der Waals surface area contributed by atoms with Crippen LogP contribution in [-0.4, -0.2) is 114 Å². The zero-order valence-electron chi connectivity index (χ0n) is 46.8. The van der Waals surface area contributed by atoms with Gasteiger partial charge in [0.1, 0.15) is 22.5 Å². The Balaban J connectivity index is 0.000000135. The molecular weight excluding hydrogens is 1020 g/mol. The number of piperidine rings is 1. The number of hydrogen-bond donors (Lipinski definition) is 0. The molecule has 3 saturated heterocycles. The number of hydrogen-bond acceptors (Lipinski definition) is 19. The number of aryl methyl sites for hydroxylation is 5. The Kier molecular flexibility index (Phi) is 17.0. The highest BCUT2D eigenvalue weighted by Gasteiger charge is 2.28. The fraction of sp³-hybridized carbons (Fsp3) is 0.361. The molecule has 80 heavy (non-hydrogen) atoms. The number of nitrogens with zero attached hydrogens (tertiary/aromatic N) is 14. The van der Waals surface area contributed by atoms with Gasteiger partial charge < -0.3 is 33.1 Å². The second-order valence-electron chi connectivity index (χ2n) is 20.6. The first kappa shape index (κ1) is 55.0. The van der Waals surface area contributed by atoms with Crippen LogP contribution in [0.4, 0.5) is 17.8 Å². The normalized spacial score (nSPS) is 18.2. The van der Waals surface area contributed by atoms with E-state index in [1.165, 1.54) is 30.6 Å². The van der Waals surface area contributed by atoms with Gasteiger partial charge in [0.2, 0.25) is 17.8 Å². The number of pyridine rings is 3. The molecule has 0 bridgehead atoms. The van der Waals surface area contributed by atoms with E-state index in [0.717, 1.165) is 140 Å². The van der Waals surface area contributed by atoms with Crippen molar-refractivity contribution in [2.75, 3.05) is 54.0 Å². The summed E-state index contributed by atoms with van der Waals surface area (Å²) in [6.07, 6.45) is 18.8. The van der Waals surface area contributed by atoms with Crippen molar-refractivity contribution in [3.05, 3.63) is 138 Å². The van der Waals surface area contributed by atoms with E-state index in [2.05, 4.69) is 78.5 Å². The van der Waals surface area contributed by atoms with Gasteiger partial charge in [0.15, 0.2) is 0 Å². The lowest BCUT2D eigenvalue weighted by Gasteiger charge is -2.35. The van der Waals surface area contributed by atoms with Crippen LogP contribution >= 0.6 is 11.3 Å². The third kappa shape index (κ3) is 12.7. The molecule has 12 rings (SSSR count). The summed E-state index contributed by atoms with van der Waals surface area (Å²) in [6, 6.07) is 19.9. The molecule has 0 N–H and O–H groups in total. The monoisotopic (exact) mass is 1090 g/mol. The summed E-state index contributed by atoms with van der Waals surface area (Å²) in [7, 11) is 0. The number of aromatic nitrogens is 10. The molecule has 4 atom stereocenters. The van der Waals surface area contributed by atoms with Gasteiger partial charge in [0.05, 0.1) is 63.9 Å². The number of nitriles is 1. The average molecular weight is 1090 g/mol. The predicted octanol–water partition coefficient (Wildman–Crippen LogP) is 11.9. The zero-order chi connectivity index (χ0) is 55.9. The predicted molar refractivity (Wildman–Crippen MR) is 311 cm³/mol. The third-order valence-corrected chi connectivity index (χ3v) is 15.1. The van der Waals surface area contributed by atoms with E-state index in [4.69, 9.17) is 38.3 Å². The SMILES string of the molecule is Cc1cc(-c2cnc(N3CC(C)OC(C)C3)nc2-c2c(C)noc2C)ccn1.Cc1cc(-c2cnc(N3CC(C)OC(C)C3)nc2-c2ccc(C#N)s2)ccn1.Cc1occc1-c1nc(N2CCCCC2)ncc1-c1cccnc1. The summed E-state index contributed by atoms with van der Waals surface area (Å²) in [5.74, 6) is 3.81. The van der Waals surface area contributed by atoms with Crippen LogP contribution in [0, 0.1) is 45.9 Å². The molecule has 0 radical (unpaired) electrons. The van der Waals surface area contributed by atoms with E-state index < -0.39 is 0 Å². The molecule has 0 aliphatic carbocycles. The minimum Gasteiger partial charge on any atom is -0.469 e. The van der Waals surface area contributed by atoms with Crippen LogP contribution < -0.4 is 14.7 Å². The fourth-order valence-corrected chi connectivity index (χ4v) is 11.3. The molecule has 3 aliphatic heterocycles. The Bertz CT molecular complexity index is 3570. The van der Waals surface area contributed by atoms with Crippen LogP contribution in [0.2, 0.25) is 0 Å². The zero-order valence-corrected chi connectivity index (χ0v) is 47.6. The van der Waals surface area contributed by atoms with Gasteiger partial charge >= 0.3 is 0 Å². The number of furan rings is 1. The number of ether oxygens (including phenoxy) is 2. The molecule has 3 aliphatic rings. The molecule has 9 aromatic heterocycles. The summed E-state index contributed by atoms with van der Waals surface area (Å²) in [4.78, 5) is 49.9. The van der Waals surface area contributed by atoms with Gasteiger partial charge in [-0.05, 0) is 141 Å². The highest BCUT2D eigenvalue weighted by atomic mass is 32.1. The quantitative estimate of drug-likeness (QED) is 0.132. The van der Waals surface area contributed by atoms with Gasteiger partial charge in [-0.3, -0.25) is 15.0 Å². The van der Waals surface area contributed by atoms with Crippen LogP contribution in [0.3, 0.4) is 0 Å². The van der Waals surface area contributed by atoms with E-state index in [1.54, 1.807) is 24.9 Å². The van der Waals surface area contributed by atoms with Crippen LogP contribution in [0.5, 0.6) is 0 Å². The summed E-state index contributed by atoms with van der Waals surface area (Å²) in [6.45, 7) is 23.1. The van der Waals surface area contributed by atoms with Crippen molar-refractivity contribution in [2.45, 2.75) is 106 Å². The number of thiophene rings is 1. The third-order valence-electron chi connectivity index (χ3n) is 14.1. The summed E-state index contributed by atoms with van der Waals surface area (Å²) < 4.78 is 22.6. The number of rotatable bonds is 9. The minimum atomic E-state index is 0.130. The van der Waals surface area contributed by atoms with E-state index in [0.29, 0.717) is 16.8 Å². The highest BCUT2D eigenvalue weighted by Crippen LogP contribution is 2.38. The first-order valence-electron chi connectivity index (χ1n) is 27.2. The largest absolute Gasteiger partial charge is 0.469 e. The summed E-state index contributed by atoms with van der Waals surface area (Å²) >= 11 is 1.45. The lowest BCUT2D eigenvalue weighted by Crippen LogP contribution is -2.46. The van der Waals surface area contributed by atoms with Crippen molar-refractivity contribution < 1.29 is 18.4 Å². The maximum atomic E-state index is 9.23. The molecule has 19 heteroatoms. The van der Waals surface area contributed by atoms with Crippen molar-refractivity contribution >= 4 is 29.2 Å². The molecule has 0 saturated carbocycles. The van der Waals surface area contributed by atoms with Gasteiger partial charge in [0.25, 0.3) is 0 Å². The van der Waals surface area contributed by atoms with E-state index >= 15 is 0 Å². The number of morpholine rings is 2. The fourth-order valence-electron chi connectivity index (χ4n) is 10.5. The molecular formula is C61H66N14O4S. The molecule has 4 unspecified atom stereocenters. The van der Waals surface area contributed by atoms with E-state index in [-0.39, 0.29) is 24.4 Å². The molecule has 410 valence electrons. The second kappa shape index (κ2) is 24.8. The van der Waals surface area contributed by atoms with Gasteiger partial charge in [0, 0.05) is 122 Å². The molecule has 0 amide bonds. The Labute approximate surface area is 471 Å². The van der Waals surface area contributed by atoms with Gasteiger partial charge in [-0.15, -0.1) is 11.3 Å². The first-order chi connectivity index (χ1) is 38.8. The van der Waals surface area contributed by atoms with Crippen LogP contribution in [0.1, 0.15) is 80.4 Å². The van der Waals surface area contributed by atoms with Crippen molar-refractivity contribution in [1.29, 1.82) is 5.26 Å². The maximum Gasteiger partial charge on any atom is 0.226 e. The molecule has 0 aromatic carbocycles. The summed E-state index contributed by atoms with van der Waals surface area (Å²) in [5.41, 5.74) is 13.1. The number of anilines is 3. The second-order valence-corrected chi connectivity index (χ2v) is 21.7. The topological polar surface area (TPSA) is 207 Å². The van der Waals surface area contributed by atoms with E-state index in [9.17, 15) is 5.26 Å². The maximum absolute atomic E-state index is 9.23. The van der Waals surface area contributed by atoms with Crippen LogP contribution in [-0.2, 0) is 9.47 Å². The van der Waals surface area contributed by atoms with Gasteiger partial charge in [-0.2, -0.15) is 5.26 Å². The highest BCUT2D eigenvalue weighted by molar-refractivity contribution is 7.16. The van der Waals surface area contributed by atoms with Crippen LogP contribution in [0.25, 0.3) is 66.5 Å². The average Bonchev–Trinajstić information content (AvgIpc) is 4.23. The van der Waals surface area contributed by atoms with E-state index in [1.807, 2.05) is 114 Å². The molecule has 18 nitrogen and oxygen atoms in total. The van der Waals surface area contributed by atoms with Crippen LogP contribution in [0.15, 0.2) is 113 Å². The Morgan fingerprint density at radius 2 is 1.10 bits per heavy atom. The Morgan fingerprint density at radius 1 is 0.550 bits per heavy atom. The smallest absolute Gasteiger partial charge is 0.226 e. The molecule has 12 heterocycles. The summed E-state index contributed by atoms with van der Waals surface area (Å²) in [5, 5.41) is 13.4.